The van der Waals surface area contributed by atoms with Crippen LogP contribution in [0.15, 0.2) is 0 Å². The van der Waals surface area contributed by atoms with Gasteiger partial charge >= 0.3 is 52.5 Å². The molecule has 0 aliphatic heterocycles. The van der Waals surface area contributed by atoms with Crippen LogP contribution in [-0.4, -0.2) is 0 Å². The van der Waals surface area contributed by atoms with E-state index in [-0.39, 0.29) is 19.5 Å². The van der Waals surface area contributed by atoms with Crippen molar-refractivity contribution in [2.24, 2.45) is 0 Å². The standard InChI is InChI=1S/C10H15.3C2H3N.F6P.Ru/c1-6-7(2)9(4)10(5)8(6)3;3*1-2-3;1-7(2,3,4,5)6;/h1-5H3;3*1H3;;/q;;;;-1;+2. The number of hydrogen-bond acceptors (Lipinski definition) is 3. The summed E-state index contributed by atoms with van der Waals surface area (Å²) >= 11 is 0. The van der Waals surface area contributed by atoms with Crippen LogP contribution in [0, 0.1) is 63.6 Å². The van der Waals surface area contributed by atoms with Crippen molar-refractivity contribution in [3.8, 4) is 18.2 Å². The Morgan fingerprint density at radius 1 is 0.519 bits per heavy atom. The van der Waals surface area contributed by atoms with Gasteiger partial charge in [-0.15, -0.1) is 0 Å². The van der Waals surface area contributed by atoms with Gasteiger partial charge < -0.3 is 0 Å². The predicted molar refractivity (Wildman–Crippen MR) is 92.0 cm³/mol. The first-order valence-corrected chi connectivity index (χ1v) is 8.96. The predicted octanol–water partition coefficient (Wildman–Crippen LogP) is 7.94. The van der Waals surface area contributed by atoms with Crippen molar-refractivity contribution < 1.29 is 44.7 Å². The summed E-state index contributed by atoms with van der Waals surface area (Å²) in [6.45, 7) is 15.3. The molecule has 0 saturated heterocycles. The van der Waals surface area contributed by atoms with Gasteiger partial charge in [0.05, 0.1) is 18.2 Å². The van der Waals surface area contributed by atoms with Crippen LogP contribution in [0.1, 0.15) is 55.4 Å². The van der Waals surface area contributed by atoms with Crippen molar-refractivity contribution in [2.75, 3.05) is 0 Å². The SMILES string of the molecule is CC#N.CC#N.CC#N.C[C]1[C](C)[C](C)[C](C)[C]1C.F[P-](F)(F)(F)(F)F.[Ru+2]. The van der Waals surface area contributed by atoms with Gasteiger partial charge in [-0.1, -0.05) is 34.6 Å². The Balaban J connectivity index is -0.0000000835. The molecular weight excluding hydrogens is 480 g/mol. The zero-order valence-electron chi connectivity index (χ0n) is 16.4. The number of nitrogens with zero attached hydrogens (tertiary/aromatic N) is 3. The molecule has 157 valence electrons. The fourth-order valence-corrected chi connectivity index (χ4v) is 1.41. The Hall–Kier alpha value is -0.897. The maximum Gasteiger partial charge on any atom is 2.00 e. The fourth-order valence-electron chi connectivity index (χ4n) is 1.41. The molecule has 0 N–H and O–H groups in total. The molecule has 3 nitrogen and oxygen atoms in total. The van der Waals surface area contributed by atoms with Gasteiger partial charge in [-0.2, -0.15) is 15.8 Å². The van der Waals surface area contributed by atoms with E-state index in [0.29, 0.717) is 0 Å². The first-order valence-electron chi connectivity index (χ1n) is 6.94. The Morgan fingerprint density at radius 2 is 0.556 bits per heavy atom. The van der Waals surface area contributed by atoms with E-state index in [1.807, 2.05) is 0 Å². The third-order valence-corrected chi connectivity index (χ3v) is 2.81. The number of hydrogen-bond donors (Lipinski definition) is 0. The normalized spacial score (nSPS) is 17.4. The van der Waals surface area contributed by atoms with E-state index < -0.39 is 7.81 Å². The van der Waals surface area contributed by atoms with E-state index in [4.69, 9.17) is 15.8 Å². The van der Waals surface area contributed by atoms with Gasteiger partial charge in [0, 0.05) is 20.8 Å². The second-order valence-corrected chi connectivity index (χ2v) is 6.67. The molecule has 0 spiro atoms. The van der Waals surface area contributed by atoms with Crippen LogP contribution in [0.2, 0.25) is 0 Å². The minimum atomic E-state index is -10.7. The summed E-state index contributed by atoms with van der Waals surface area (Å²) in [6, 6.07) is 5.25. The third-order valence-electron chi connectivity index (χ3n) is 2.81. The maximum absolute atomic E-state index is 10.7. The van der Waals surface area contributed by atoms with Gasteiger partial charge in [-0.05, 0) is 29.6 Å². The van der Waals surface area contributed by atoms with Gasteiger partial charge in [0.1, 0.15) is 0 Å². The Kier molecular flexibility index (Phi) is 19.4. The molecule has 0 aromatic rings. The van der Waals surface area contributed by atoms with Gasteiger partial charge in [0.2, 0.25) is 0 Å². The number of rotatable bonds is 0. The van der Waals surface area contributed by atoms with E-state index in [1.54, 1.807) is 18.2 Å². The summed E-state index contributed by atoms with van der Waals surface area (Å²) in [5.41, 5.74) is 0. The van der Waals surface area contributed by atoms with Crippen LogP contribution >= 0.6 is 7.81 Å². The number of nitriles is 3. The van der Waals surface area contributed by atoms with Crippen LogP contribution in [0.25, 0.3) is 0 Å². The van der Waals surface area contributed by atoms with Crippen LogP contribution < -0.4 is 0 Å². The topological polar surface area (TPSA) is 71.4 Å². The third kappa shape index (κ3) is 36.7. The van der Waals surface area contributed by atoms with Crippen LogP contribution in [-0.2, 0) is 19.5 Å². The molecule has 1 aliphatic rings. The summed E-state index contributed by atoms with van der Waals surface area (Å²) in [5, 5.41) is 22.0. The zero-order chi connectivity index (χ0) is 22.4. The van der Waals surface area contributed by atoms with Crippen molar-refractivity contribution in [3.63, 3.8) is 0 Å². The monoisotopic (exact) mass is 505 g/mol. The van der Waals surface area contributed by atoms with Crippen LogP contribution in [0.5, 0.6) is 0 Å². The van der Waals surface area contributed by atoms with Crippen molar-refractivity contribution in [1.82, 2.24) is 0 Å². The van der Waals surface area contributed by atoms with Crippen LogP contribution in [0.3, 0.4) is 0 Å². The smallest absolute Gasteiger partial charge is 2.00 e. The van der Waals surface area contributed by atoms with Crippen molar-refractivity contribution in [1.29, 1.82) is 15.8 Å². The molecule has 1 rings (SSSR count). The maximum atomic E-state index is 9.87. The summed E-state index contributed by atoms with van der Waals surface area (Å²) in [4.78, 5) is 0. The molecule has 5 radical (unpaired) electrons. The Morgan fingerprint density at radius 3 is 0.593 bits per heavy atom. The summed E-state index contributed by atoms with van der Waals surface area (Å²) in [7, 11) is -10.7. The average Bonchev–Trinajstić information content (AvgIpc) is 2.56. The van der Waals surface area contributed by atoms with E-state index in [0.717, 1.165) is 0 Å². The van der Waals surface area contributed by atoms with Crippen molar-refractivity contribution >= 4 is 7.81 Å². The van der Waals surface area contributed by atoms with E-state index in [9.17, 15) is 25.2 Å². The average molecular weight is 504 g/mol. The summed E-state index contributed by atoms with van der Waals surface area (Å²) in [6.07, 6.45) is 0. The molecule has 0 aromatic heterocycles. The first kappa shape index (κ1) is 36.9. The van der Waals surface area contributed by atoms with Gasteiger partial charge in [0.15, 0.2) is 0 Å². The number of halogens is 6. The summed E-state index contributed by atoms with van der Waals surface area (Å²) < 4.78 is 59.2. The van der Waals surface area contributed by atoms with Crippen molar-refractivity contribution in [3.05, 3.63) is 29.6 Å². The molecule has 0 aromatic carbocycles. The minimum Gasteiger partial charge on any atom is 2.00 e. The van der Waals surface area contributed by atoms with Crippen molar-refractivity contribution in [2.45, 2.75) is 55.4 Å². The quantitative estimate of drug-likeness (QED) is 0.191. The van der Waals surface area contributed by atoms with Crippen LogP contribution in [0.4, 0.5) is 25.2 Å². The molecule has 0 atom stereocenters. The summed E-state index contributed by atoms with van der Waals surface area (Å²) in [5.74, 6) is 7.34. The molecule has 0 unspecified atom stereocenters. The molecule has 1 fully saturated rings. The molecule has 0 amide bonds. The minimum absolute atomic E-state index is 0. The Labute approximate surface area is 171 Å². The zero-order valence-corrected chi connectivity index (χ0v) is 19.0. The molecule has 1 aliphatic carbocycles. The fraction of sp³-hybridized carbons (Fsp3) is 0.500. The molecule has 11 heteroatoms. The molecule has 0 heterocycles. The molecular formula is C16H24F6N3PRu+. The van der Waals surface area contributed by atoms with Gasteiger partial charge in [-0.3, -0.25) is 0 Å². The van der Waals surface area contributed by atoms with E-state index >= 15 is 0 Å². The van der Waals surface area contributed by atoms with E-state index in [2.05, 4.69) is 34.6 Å². The van der Waals surface area contributed by atoms with Gasteiger partial charge in [0.25, 0.3) is 0 Å². The molecule has 27 heavy (non-hydrogen) atoms. The molecule has 1 saturated carbocycles. The Bertz CT molecular complexity index is 420. The second kappa shape index (κ2) is 14.2. The van der Waals surface area contributed by atoms with Gasteiger partial charge in [-0.25, -0.2) is 0 Å². The second-order valence-electron chi connectivity index (χ2n) is 4.75. The van der Waals surface area contributed by atoms with E-state index in [1.165, 1.54) is 50.4 Å². The first-order chi connectivity index (χ1) is 11.2. The largest absolute Gasteiger partial charge is 2.00 e. The molecule has 0 bridgehead atoms.